The average Bonchev–Trinajstić information content (AvgIpc) is 2.28. The summed E-state index contributed by atoms with van der Waals surface area (Å²) in [5.74, 6) is 7.24. The number of hydrogen-bond donors (Lipinski definition) is 2. The van der Waals surface area contributed by atoms with Crippen LogP contribution in [0.3, 0.4) is 0 Å². The minimum absolute atomic E-state index is 0.00148. The van der Waals surface area contributed by atoms with Crippen molar-refractivity contribution >= 4 is 0 Å². The van der Waals surface area contributed by atoms with Crippen molar-refractivity contribution in [1.82, 2.24) is 10.4 Å². The molecule has 1 saturated carbocycles. The van der Waals surface area contributed by atoms with Crippen LogP contribution in [0.5, 0.6) is 0 Å². The van der Waals surface area contributed by atoms with Gasteiger partial charge in [-0.3, -0.25) is 16.3 Å². The number of halogens is 1. The third kappa shape index (κ3) is 3.06. The standard InChI is InChI=1S/C14H22FN3/c1-9-3-10(2)5-11(4-9)14(18-16)12-6-13(15)8-17-7-12/h6-11,14,18H,3-5,16H2,1-2H3. The SMILES string of the molecule is CC1CC(C)CC(C(NN)c2cncc(F)c2)C1. The van der Waals surface area contributed by atoms with E-state index in [0.29, 0.717) is 17.8 Å². The first-order chi connectivity index (χ1) is 8.60. The summed E-state index contributed by atoms with van der Waals surface area (Å²) in [5.41, 5.74) is 3.70. The van der Waals surface area contributed by atoms with E-state index in [1.165, 1.54) is 18.7 Å². The van der Waals surface area contributed by atoms with Crippen molar-refractivity contribution in [3.63, 3.8) is 0 Å². The first kappa shape index (κ1) is 13.4. The molecule has 0 bridgehead atoms. The van der Waals surface area contributed by atoms with Crippen LogP contribution >= 0.6 is 0 Å². The van der Waals surface area contributed by atoms with Crippen molar-refractivity contribution in [1.29, 1.82) is 0 Å². The second-order valence-corrected chi connectivity index (χ2v) is 5.76. The Labute approximate surface area is 108 Å². The predicted molar refractivity (Wildman–Crippen MR) is 69.9 cm³/mol. The summed E-state index contributed by atoms with van der Waals surface area (Å²) in [6.07, 6.45) is 6.47. The van der Waals surface area contributed by atoms with Crippen LogP contribution in [0.25, 0.3) is 0 Å². The van der Waals surface area contributed by atoms with Gasteiger partial charge in [0.05, 0.1) is 12.2 Å². The highest BCUT2D eigenvalue weighted by atomic mass is 19.1. The van der Waals surface area contributed by atoms with E-state index >= 15 is 0 Å². The van der Waals surface area contributed by atoms with E-state index in [-0.39, 0.29) is 11.9 Å². The van der Waals surface area contributed by atoms with Crippen LogP contribution in [0.1, 0.15) is 44.7 Å². The Morgan fingerprint density at radius 3 is 2.50 bits per heavy atom. The molecule has 1 heterocycles. The van der Waals surface area contributed by atoms with Gasteiger partial charge >= 0.3 is 0 Å². The van der Waals surface area contributed by atoms with Gasteiger partial charge in [-0.25, -0.2) is 4.39 Å². The van der Waals surface area contributed by atoms with Gasteiger partial charge in [-0.2, -0.15) is 0 Å². The van der Waals surface area contributed by atoms with Crippen molar-refractivity contribution in [2.75, 3.05) is 0 Å². The molecule has 18 heavy (non-hydrogen) atoms. The van der Waals surface area contributed by atoms with Crippen molar-refractivity contribution in [3.8, 4) is 0 Å². The minimum atomic E-state index is -0.301. The van der Waals surface area contributed by atoms with Gasteiger partial charge in [0.25, 0.3) is 0 Å². The lowest BCUT2D eigenvalue weighted by Crippen LogP contribution is -2.37. The monoisotopic (exact) mass is 251 g/mol. The lowest BCUT2D eigenvalue weighted by Gasteiger charge is -2.36. The molecule has 0 amide bonds. The van der Waals surface area contributed by atoms with Crippen LogP contribution in [0, 0.1) is 23.6 Å². The van der Waals surface area contributed by atoms with E-state index in [0.717, 1.165) is 18.4 Å². The Hall–Kier alpha value is -1.00. The summed E-state index contributed by atoms with van der Waals surface area (Å²) >= 11 is 0. The van der Waals surface area contributed by atoms with Gasteiger partial charge in [0.15, 0.2) is 0 Å². The highest BCUT2D eigenvalue weighted by Gasteiger charge is 2.30. The summed E-state index contributed by atoms with van der Waals surface area (Å²) in [5, 5.41) is 0. The maximum Gasteiger partial charge on any atom is 0.141 e. The van der Waals surface area contributed by atoms with E-state index in [2.05, 4.69) is 24.3 Å². The molecule has 3 atom stereocenters. The van der Waals surface area contributed by atoms with E-state index in [9.17, 15) is 4.39 Å². The van der Waals surface area contributed by atoms with E-state index in [4.69, 9.17) is 5.84 Å². The van der Waals surface area contributed by atoms with Gasteiger partial charge in [0.2, 0.25) is 0 Å². The maximum atomic E-state index is 13.3. The van der Waals surface area contributed by atoms with Crippen molar-refractivity contribution in [2.24, 2.45) is 23.6 Å². The molecule has 1 aromatic rings. The number of nitrogens with zero attached hydrogens (tertiary/aromatic N) is 1. The van der Waals surface area contributed by atoms with Crippen LogP contribution in [-0.2, 0) is 0 Å². The van der Waals surface area contributed by atoms with Crippen LogP contribution in [0.15, 0.2) is 18.5 Å². The van der Waals surface area contributed by atoms with Gasteiger partial charge in [-0.1, -0.05) is 13.8 Å². The number of nitrogens with one attached hydrogen (secondary N) is 1. The molecule has 1 fully saturated rings. The Bertz CT molecular complexity index is 386. The molecule has 100 valence electrons. The van der Waals surface area contributed by atoms with Gasteiger partial charge in [-0.15, -0.1) is 0 Å². The van der Waals surface area contributed by atoms with Crippen LogP contribution in [0.2, 0.25) is 0 Å². The third-order valence-corrected chi connectivity index (χ3v) is 3.95. The predicted octanol–water partition coefficient (Wildman–Crippen LogP) is 2.80. The fourth-order valence-electron chi connectivity index (χ4n) is 3.38. The number of rotatable bonds is 3. The molecule has 0 aliphatic heterocycles. The summed E-state index contributed by atoms with van der Waals surface area (Å²) in [6, 6.07) is 1.53. The number of hydrogen-bond acceptors (Lipinski definition) is 3. The zero-order valence-corrected chi connectivity index (χ0v) is 11.1. The van der Waals surface area contributed by atoms with E-state index in [1.807, 2.05) is 0 Å². The van der Waals surface area contributed by atoms with Crippen LogP contribution < -0.4 is 11.3 Å². The molecule has 0 aromatic carbocycles. The first-order valence-electron chi connectivity index (χ1n) is 6.66. The molecule has 0 saturated heterocycles. The molecule has 2 rings (SSSR count). The maximum absolute atomic E-state index is 13.3. The molecular weight excluding hydrogens is 229 g/mol. The van der Waals surface area contributed by atoms with Crippen LogP contribution in [-0.4, -0.2) is 4.98 Å². The number of aromatic nitrogens is 1. The van der Waals surface area contributed by atoms with E-state index < -0.39 is 0 Å². The molecular formula is C14H22FN3. The van der Waals surface area contributed by atoms with Crippen molar-refractivity contribution in [2.45, 2.75) is 39.2 Å². The molecule has 1 aliphatic rings. The molecule has 3 N–H and O–H groups in total. The summed E-state index contributed by atoms with van der Waals surface area (Å²) < 4.78 is 13.3. The minimum Gasteiger partial charge on any atom is -0.271 e. The second-order valence-electron chi connectivity index (χ2n) is 5.76. The molecule has 0 spiro atoms. The molecule has 3 nitrogen and oxygen atoms in total. The Morgan fingerprint density at radius 2 is 1.94 bits per heavy atom. The second kappa shape index (κ2) is 5.76. The molecule has 1 aromatic heterocycles. The zero-order valence-electron chi connectivity index (χ0n) is 11.1. The fraction of sp³-hybridized carbons (Fsp3) is 0.643. The molecule has 3 unspecified atom stereocenters. The lowest BCUT2D eigenvalue weighted by atomic mass is 9.73. The fourth-order valence-corrected chi connectivity index (χ4v) is 3.38. The largest absolute Gasteiger partial charge is 0.271 e. The average molecular weight is 251 g/mol. The van der Waals surface area contributed by atoms with E-state index in [1.54, 1.807) is 6.20 Å². The van der Waals surface area contributed by atoms with Crippen molar-refractivity contribution in [3.05, 3.63) is 29.8 Å². The first-order valence-corrected chi connectivity index (χ1v) is 6.66. The quantitative estimate of drug-likeness (QED) is 0.641. The smallest absolute Gasteiger partial charge is 0.141 e. The zero-order chi connectivity index (χ0) is 13.1. The van der Waals surface area contributed by atoms with Gasteiger partial charge in [-0.05, 0) is 48.6 Å². The highest BCUT2D eigenvalue weighted by Crippen LogP contribution is 2.39. The molecule has 4 heteroatoms. The van der Waals surface area contributed by atoms with Crippen LogP contribution in [0.4, 0.5) is 4.39 Å². The Kier molecular flexibility index (Phi) is 4.30. The Balaban J connectivity index is 2.17. The normalized spacial score (nSPS) is 30.1. The molecule has 0 radical (unpaired) electrons. The topological polar surface area (TPSA) is 50.9 Å². The summed E-state index contributed by atoms with van der Waals surface area (Å²) in [7, 11) is 0. The number of nitrogens with two attached hydrogens (primary N) is 1. The van der Waals surface area contributed by atoms with Crippen molar-refractivity contribution < 1.29 is 4.39 Å². The lowest BCUT2D eigenvalue weighted by molar-refractivity contribution is 0.176. The highest BCUT2D eigenvalue weighted by molar-refractivity contribution is 5.16. The number of hydrazine groups is 1. The van der Waals surface area contributed by atoms with Gasteiger partial charge < -0.3 is 0 Å². The summed E-state index contributed by atoms with van der Waals surface area (Å²) in [4.78, 5) is 3.92. The van der Waals surface area contributed by atoms with Gasteiger partial charge in [0, 0.05) is 6.20 Å². The summed E-state index contributed by atoms with van der Waals surface area (Å²) in [6.45, 7) is 4.56. The van der Waals surface area contributed by atoms with Gasteiger partial charge in [0.1, 0.15) is 5.82 Å². The molecule has 1 aliphatic carbocycles. The third-order valence-electron chi connectivity index (χ3n) is 3.95. The Morgan fingerprint density at radius 1 is 1.28 bits per heavy atom. The number of pyridine rings is 1.